The SMILES string of the molecule is CCCCCOC(=O)Oc1ccc(C(C(C)C(C)OC(=O)OCC)[C@H](N)C(=O)O)cc1OC(=O)OCCCCC. The van der Waals surface area contributed by atoms with Crippen LogP contribution >= 0.6 is 0 Å². The maximum atomic E-state index is 12.4. The first-order chi connectivity index (χ1) is 19.0. The van der Waals surface area contributed by atoms with E-state index in [-0.39, 0.29) is 31.3 Å². The molecule has 226 valence electrons. The van der Waals surface area contributed by atoms with Crippen LogP contribution in [0, 0.1) is 5.92 Å². The monoisotopic (exact) mass is 569 g/mol. The van der Waals surface area contributed by atoms with Crippen molar-refractivity contribution in [2.24, 2.45) is 11.7 Å². The van der Waals surface area contributed by atoms with Crippen molar-refractivity contribution in [3.05, 3.63) is 23.8 Å². The van der Waals surface area contributed by atoms with Gasteiger partial charge in [0, 0.05) is 11.8 Å². The number of carboxylic acid groups (broad SMARTS) is 1. The van der Waals surface area contributed by atoms with Gasteiger partial charge in [0.05, 0.1) is 19.8 Å². The lowest BCUT2D eigenvalue weighted by atomic mass is 9.79. The molecule has 1 aromatic rings. The number of carboxylic acids is 1. The minimum atomic E-state index is -1.42. The van der Waals surface area contributed by atoms with Gasteiger partial charge in [-0.3, -0.25) is 4.79 Å². The number of ether oxygens (including phenoxy) is 6. The van der Waals surface area contributed by atoms with Gasteiger partial charge in [-0.15, -0.1) is 0 Å². The second kappa shape index (κ2) is 18.7. The van der Waals surface area contributed by atoms with Gasteiger partial charge in [0.2, 0.25) is 0 Å². The molecule has 3 unspecified atom stereocenters. The summed E-state index contributed by atoms with van der Waals surface area (Å²) in [6.07, 6.45) is 1.20. The summed E-state index contributed by atoms with van der Waals surface area (Å²) in [7, 11) is 0. The van der Waals surface area contributed by atoms with Crippen LogP contribution in [0.4, 0.5) is 14.4 Å². The number of rotatable bonds is 17. The largest absolute Gasteiger partial charge is 0.513 e. The highest BCUT2D eigenvalue weighted by atomic mass is 16.7. The maximum Gasteiger partial charge on any atom is 0.513 e. The molecule has 4 atom stereocenters. The van der Waals surface area contributed by atoms with Crippen LogP contribution in [0.15, 0.2) is 18.2 Å². The van der Waals surface area contributed by atoms with Crippen LogP contribution < -0.4 is 15.2 Å². The number of nitrogens with two attached hydrogens (primary N) is 1. The highest BCUT2D eigenvalue weighted by molar-refractivity contribution is 5.75. The minimum absolute atomic E-state index is 0.107. The van der Waals surface area contributed by atoms with Crippen LogP contribution in [-0.4, -0.2) is 61.5 Å². The fourth-order valence-corrected chi connectivity index (χ4v) is 3.84. The van der Waals surface area contributed by atoms with E-state index in [0.29, 0.717) is 18.4 Å². The van der Waals surface area contributed by atoms with Crippen LogP contribution in [0.1, 0.15) is 84.6 Å². The normalized spacial score (nSPS) is 13.8. The van der Waals surface area contributed by atoms with Crippen LogP contribution in [-0.2, 0) is 23.7 Å². The van der Waals surface area contributed by atoms with Crippen molar-refractivity contribution >= 4 is 24.4 Å². The molecule has 0 saturated heterocycles. The molecule has 0 bridgehead atoms. The number of carbonyl (C=O) groups is 4. The van der Waals surface area contributed by atoms with Crippen molar-refractivity contribution in [3.63, 3.8) is 0 Å². The molecule has 0 aliphatic heterocycles. The van der Waals surface area contributed by atoms with Crippen molar-refractivity contribution < 1.29 is 52.7 Å². The van der Waals surface area contributed by atoms with Crippen LogP contribution in [0.5, 0.6) is 11.5 Å². The van der Waals surface area contributed by atoms with Gasteiger partial charge in [-0.1, -0.05) is 52.5 Å². The Morgan fingerprint density at radius 2 is 1.35 bits per heavy atom. The molecule has 0 heterocycles. The van der Waals surface area contributed by atoms with Gasteiger partial charge in [-0.25, -0.2) is 14.4 Å². The molecular weight excluding hydrogens is 526 g/mol. The Morgan fingerprint density at radius 1 is 0.800 bits per heavy atom. The Balaban J connectivity index is 3.31. The highest BCUT2D eigenvalue weighted by Crippen LogP contribution is 2.37. The third-order valence-corrected chi connectivity index (χ3v) is 6.20. The molecule has 0 aliphatic carbocycles. The van der Waals surface area contributed by atoms with Crippen molar-refractivity contribution in [2.45, 2.75) is 91.2 Å². The lowest BCUT2D eigenvalue weighted by Crippen LogP contribution is -2.42. The van der Waals surface area contributed by atoms with E-state index in [9.17, 15) is 24.3 Å². The van der Waals surface area contributed by atoms with E-state index < -0.39 is 48.4 Å². The fourth-order valence-electron chi connectivity index (χ4n) is 3.84. The molecule has 1 aromatic carbocycles. The van der Waals surface area contributed by atoms with Gasteiger partial charge in [-0.2, -0.15) is 0 Å². The third kappa shape index (κ3) is 12.1. The van der Waals surface area contributed by atoms with Crippen LogP contribution in [0.2, 0.25) is 0 Å². The molecule has 0 amide bonds. The van der Waals surface area contributed by atoms with E-state index in [1.165, 1.54) is 18.2 Å². The summed E-state index contributed by atoms with van der Waals surface area (Å²) in [6, 6.07) is 2.74. The van der Waals surface area contributed by atoms with Gasteiger partial charge in [0.25, 0.3) is 0 Å². The lowest BCUT2D eigenvalue weighted by molar-refractivity contribution is -0.139. The van der Waals surface area contributed by atoms with E-state index in [2.05, 4.69) is 0 Å². The number of hydrogen-bond acceptors (Lipinski definition) is 11. The summed E-state index contributed by atoms with van der Waals surface area (Å²) in [5.41, 5.74) is 6.39. The van der Waals surface area contributed by atoms with E-state index in [1.807, 2.05) is 13.8 Å². The third-order valence-electron chi connectivity index (χ3n) is 6.20. The molecule has 0 fully saturated rings. The molecule has 1 rings (SSSR count). The Bertz CT molecular complexity index is 952. The maximum absolute atomic E-state index is 12.4. The first-order valence-corrected chi connectivity index (χ1v) is 13.7. The molecule has 12 nitrogen and oxygen atoms in total. The Kier molecular flexibility index (Phi) is 16.1. The molecule has 0 spiro atoms. The lowest BCUT2D eigenvalue weighted by Gasteiger charge is -2.31. The Labute approximate surface area is 235 Å². The van der Waals surface area contributed by atoms with E-state index in [0.717, 1.165) is 25.7 Å². The number of unbranched alkanes of at least 4 members (excludes halogenated alkanes) is 4. The van der Waals surface area contributed by atoms with Gasteiger partial charge in [-0.05, 0) is 44.4 Å². The quantitative estimate of drug-likeness (QED) is 0.100. The standard InChI is InChI=1S/C28H43NO11/c1-6-9-11-15-36-27(33)39-21-14-13-20(17-22(21)40-28(34)37-16-12-10-7-2)23(24(29)25(30)31)18(4)19(5)38-26(32)35-8-3/h13-14,17-19,23-24H,6-12,15-16,29H2,1-5H3,(H,30,31)/t18?,19?,23?,24-/m0/s1. The smallest absolute Gasteiger partial charge is 0.480 e. The summed E-state index contributed by atoms with van der Waals surface area (Å²) in [6.45, 7) is 9.29. The van der Waals surface area contributed by atoms with Crippen molar-refractivity contribution in [1.82, 2.24) is 0 Å². The molecule has 40 heavy (non-hydrogen) atoms. The Morgan fingerprint density at radius 3 is 1.85 bits per heavy atom. The zero-order chi connectivity index (χ0) is 30.1. The number of aliphatic carboxylic acids is 1. The molecular formula is C28H43NO11. The van der Waals surface area contributed by atoms with Gasteiger partial charge in [0.1, 0.15) is 12.1 Å². The van der Waals surface area contributed by atoms with Crippen molar-refractivity contribution in [1.29, 1.82) is 0 Å². The number of hydrogen-bond donors (Lipinski definition) is 2. The summed E-state index contributed by atoms with van der Waals surface area (Å²) in [4.78, 5) is 48.4. The second-order valence-corrected chi connectivity index (χ2v) is 9.28. The van der Waals surface area contributed by atoms with Crippen molar-refractivity contribution in [2.75, 3.05) is 19.8 Å². The molecule has 0 aliphatic rings. The molecule has 0 radical (unpaired) electrons. The summed E-state index contributed by atoms with van der Waals surface area (Å²) < 4.78 is 30.9. The predicted octanol–water partition coefficient (Wildman–Crippen LogP) is 5.79. The number of carbonyl (C=O) groups excluding carboxylic acids is 3. The van der Waals surface area contributed by atoms with E-state index >= 15 is 0 Å². The summed E-state index contributed by atoms with van der Waals surface area (Å²) in [5, 5.41) is 9.71. The Hall–Kier alpha value is -3.54. The van der Waals surface area contributed by atoms with Gasteiger partial charge in [0.15, 0.2) is 11.5 Å². The molecule has 12 heteroatoms. The van der Waals surface area contributed by atoms with Gasteiger partial charge >= 0.3 is 24.4 Å². The first kappa shape index (κ1) is 34.5. The van der Waals surface area contributed by atoms with Crippen molar-refractivity contribution in [3.8, 4) is 11.5 Å². The zero-order valence-corrected chi connectivity index (χ0v) is 24.0. The summed E-state index contributed by atoms with van der Waals surface area (Å²) >= 11 is 0. The van der Waals surface area contributed by atoms with E-state index in [1.54, 1.807) is 20.8 Å². The molecule has 0 saturated carbocycles. The van der Waals surface area contributed by atoms with E-state index in [4.69, 9.17) is 34.2 Å². The highest BCUT2D eigenvalue weighted by Gasteiger charge is 2.36. The average molecular weight is 570 g/mol. The number of benzene rings is 1. The molecule has 3 N–H and O–H groups in total. The summed E-state index contributed by atoms with van der Waals surface area (Å²) in [5.74, 6) is -3.17. The zero-order valence-electron chi connectivity index (χ0n) is 24.0. The fraction of sp³-hybridized carbons (Fsp3) is 0.643. The van der Waals surface area contributed by atoms with Crippen LogP contribution in [0.25, 0.3) is 0 Å². The second-order valence-electron chi connectivity index (χ2n) is 9.28. The molecule has 0 aromatic heterocycles. The van der Waals surface area contributed by atoms with Crippen LogP contribution in [0.3, 0.4) is 0 Å². The minimum Gasteiger partial charge on any atom is -0.480 e. The average Bonchev–Trinajstić information content (AvgIpc) is 2.90. The predicted molar refractivity (Wildman–Crippen MR) is 145 cm³/mol. The first-order valence-electron chi connectivity index (χ1n) is 13.7. The topological polar surface area (TPSA) is 170 Å². The van der Waals surface area contributed by atoms with Gasteiger partial charge < -0.3 is 39.3 Å².